The molecule has 8 nitrogen and oxygen atoms in total. The van der Waals surface area contributed by atoms with Gasteiger partial charge in [-0.2, -0.15) is 4.98 Å². The van der Waals surface area contributed by atoms with Crippen LogP contribution in [0.4, 0.5) is 11.8 Å². The Hall–Kier alpha value is -3.03. The highest BCUT2D eigenvalue weighted by atomic mass is 16.5. The average molecular weight is 346 g/mol. The van der Waals surface area contributed by atoms with E-state index in [0.29, 0.717) is 35.9 Å². The quantitative estimate of drug-likeness (QED) is 0.739. The fourth-order valence-electron chi connectivity index (χ4n) is 2.22. The van der Waals surface area contributed by atoms with Crippen molar-refractivity contribution in [2.45, 2.75) is 19.8 Å². The molecule has 0 unspecified atom stereocenters. The van der Waals surface area contributed by atoms with Crippen LogP contribution in [0.1, 0.15) is 24.5 Å². The summed E-state index contributed by atoms with van der Waals surface area (Å²) >= 11 is 0. The summed E-state index contributed by atoms with van der Waals surface area (Å²) in [5.41, 5.74) is 13.0. The zero-order chi connectivity index (χ0) is 18.4. The van der Waals surface area contributed by atoms with Gasteiger partial charge in [0, 0.05) is 24.6 Å². The number of aromatic nitrogens is 2. The van der Waals surface area contributed by atoms with Gasteiger partial charge in [0.15, 0.2) is 17.3 Å². The van der Waals surface area contributed by atoms with Gasteiger partial charge in [-0.05, 0) is 17.7 Å². The minimum absolute atomic E-state index is 0.0139. The van der Waals surface area contributed by atoms with Crippen molar-refractivity contribution >= 4 is 17.5 Å². The molecule has 0 saturated heterocycles. The highest BCUT2D eigenvalue weighted by Crippen LogP contribution is 2.39. The van der Waals surface area contributed by atoms with Gasteiger partial charge < -0.3 is 25.7 Å². The second kappa shape index (κ2) is 8.18. The van der Waals surface area contributed by atoms with Gasteiger partial charge in [-0.25, -0.2) is 4.98 Å². The van der Waals surface area contributed by atoms with Gasteiger partial charge >= 0.3 is 0 Å². The summed E-state index contributed by atoms with van der Waals surface area (Å²) in [7, 11) is 3.04. The van der Waals surface area contributed by atoms with E-state index >= 15 is 0 Å². The predicted molar refractivity (Wildman–Crippen MR) is 94.0 cm³/mol. The van der Waals surface area contributed by atoms with Crippen LogP contribution in [0.3, 0.4) is 0 Å². The first kappa shape index (κ1) is 18.3. The second-order valence-corrected chi connectivity index (χ2v) is 5.33. The molecule has 0 aliphatic rings. The summed E-state index contributed by atoms with van der Waals surface area (Å²) in [6.07, 6.45) is 2.45. The van der Waals surface area contributed by atoms with Crippen LogP contribution in [0.2, 0.25) is 0 Å². The third-order valence-electron chi connectivity index (χ3n) is 3.60. The first-order valence-corrected chi connectivity index (χ1v) is 7.74. The van der Waals surface area contributed by atoms with Gasteiger partial charge in [0.1, 0.15) is 12.4 Å². The molecule has 0 atom stereocenters. The van der Waals surface area contributed by atoms with E-state index < -0.39 is 0 Å². The minimum Gasteiger partial charge on any atom is -0.493 e. The Morgan fingerprint density at radius 2 is 1.80 bits per heavy atom. The highest BCUT2D eigenvalue weighted by Gasteiger charge is 2.16. The molecule has 1 heterocycles. The molecule has 0 aliphatic heterocycles. The van der Waals surface area contributed by atoms with Gasteiger partial charge in [-0.1, -0.05) is 6.92 Å². The normalized spacial score (nSPS) is 10.4. The van der Waals surface area contributed by atoms with Crippen molar-refractivity contribution in [1.29, 1.82) is 0 Å². The van der Waals surface area contributed by atoms with E-state index in [-0.39, 0.29) is 18.3 Å². The molecule has 4 N–H and O–H groups in total. The molecule has 0 radical (unpaired) electrons. The standard InChI is InChI=1S/C17H22N4O4/c1-4-12(22)9-25-15-13(23-2)6-10(7-14(15)24-3)5-11-8-20-17(19)21-16(11)18/h6-8H,4-5,9H2,1-3H3,(H4,18,19,20,21). The van der Waals surface area contributed by atoms with E-state index in [1.54, 1.807) is 25.3 Å². The molecule has 0 amide bonds. The maximum atomic E-state index is 11.5. The fourth-order valence-corrected chi connectivity index (χ4v) is 2.22. The van der Waals surface area contributed by atoms with Crippen LogP contribution in [-0.2, 0) is 11.2 Å². The third-order valence-corrected chi connectivity index (χ3v) is 3.60. The van der Waals surface area contributed by atoms with Crippen LogP contribution in [0.15, 0.2) is 18.3 Å². The number of nitrogen functional groups attached to an aromatic ring is 2. The van der Waals surface area contributed by atoms with Crippen molar-refractivity contribution in [3.8, 4) is 17.2 Å². The smallest absolute Gasteiger partial charge is 0.221 e. The molecule has 8 heteroatoms. The van der Waals surface area contributed by atoms with Crippen molar-refractivity contribution < 1.29 is 19.0 Å². The van der Waals surface area contributed by atoms with Gasteiger partial charge in [0.05, 0.1) is 14.2 Å². The summed E-state index contributed by atoms with van der Waals surface area (Å²) in [4.78, 5) is 19.4. The first-order chi connectivity index (χ1) is 12.0. The molecule has 25 heavy (non-hydrogen) atoms. The number of carbonyl (C=O) groups excluding carboxylic acids is 1. The Morgan fingerprint density at radius 3 is 2.32 bits per heavy atom. The summed E-state index contributed by atoms with van der Waals surface area (Å²) in [5.74, 6) is 1.75. The fraction of sp³-hybridized carbons (Fsp3) is 0.353. The SMILES string of the molecule is CCC(=O)COc1c(OC)cc(Cc2cnc(N)nc2N)cc1OC. The lowest BCUT2D eigenvalue weighted by Crippen LogP contribution is -2.11. The van der Waals surface area contributed by atoms with E-state index in [4.69, 9.17) is 25.7 Å². The maximum absolute atomic E-state index is 11.5. The lowest BCUT2D eigenvalue weighted by atomic mass is 10.1. The summed E-state index contributed by atoms with van der Waals surface area (Å²) in [6, 6.07) is 3.59. The van der Waals surface area contributed by atoms with E-state index in [1.165, 1.54) is 14.2 Å². The Balaban J connectivity index is 2.32. The summed E-state index contributed by atoms with van der Waals surface area (Å²) in [6.45, 7) is 1.74. The van der Waals surface area contributed by atoms with Crippen LogP contribution >= 0.6 is 0 Å². The zero-order valence-corrected chi connectivity index (χ0v) is 14.5. The van der Waals surface area contributed by atoms with E-state index in [2.05, 4.69) is 9.97 Å². The average Bonchev–Trinajstić information content (AvgIpc) is 2.61. The van der Waals surface area contributed by atoms with Crippen molar-refractivity contribution in [3.63, 3.8) is 0 Å². The molecular formula is C17H22N4O4. The Labute approximate surface area is 146 Å². The van der Waals surface area contributed by atoms with Crippen molar-refractivity contribution in [1.82, 2.24) is 9.97 Å². The molecule has 2 rings (SSSR count). The second-order valence-electron chi connectivity index (χ2n) is 5.33. The topological polar surface area (TPSA) is 123 Å². The number of hydrogen-bond donors (Lipinski definition) is 2. The molecule has 134 valence electrons. The largest absolute Gasteiger partial charge is 0.493 e. The van der Waals surface area contributed by atoms with Crippen molar-refractivity contribution in [3.05, 3.63) is 29.5 Å². The number of nitrogens with zero attached hydrogens (tertiary/aromatic N) is 2. The third kappa shape index (κ3) is 4.50. The Kier molecular flexibility index (Phi) is 5.99. The molecule has 2 aromatic rings. The highest BCUT2D eigenvalue weighted by molar-refractivity contribution is 5.79. The molecule has 0 spiro atoms. The molecule has 1 aromatic carbocycles. The molecule has 0 aliphatic carbocycles. The number of anilines is 2. The molecular weight excluding hydrogens is 324 g/mol. The predicted octanol–water partition coefficient (Wildman–Crippen LogP) is 1.61. The Morgan fingerprint density at radius 1 is 1.16 bits per heavy atom. The van der Waals surface area contributed by atoms with Crippen LogP contribution in [0, 0.1) is 0 Å². The number of hydrogen-bond acceptors (Lipinski definition) is 8. The lowest BCUT2D eigenvalue weighted by molar-refractivity contribution is -0.120. The van der Waals surface area contributed by atoms with E-state index in [0.717, 1.165) is 11.1 Å². The van der Waals surface area contributed by atoms with Crippen molar-refractivity contribution in [2.75, 3.05) is 32.3 Å². The van der Waals surface area contributed by atoms with Crippen molar-refractivity contribution in [2.24, 2.45) is 0 Å². The van der Waals surface area contributed by atoms with Crippen LogP contribution in [0.25, 0.3) is 0 Å². The van der Waals surface area contributed by atoms with E-state index in [1.807, 2.05) is 0 Å². The number of ether oxygens (including phenoxy) is 3. The van der Waals surface area contributed by atoms with Gasteiger partial charge in [0.2, 0.25) is 11.7 Å². The summed E-state index contributed by atoms with van der Waals surface area (Å²) in [5, 5.41) is 0. The molecule has 0 fully saturated rings. The number of Topliss-reactive ketones (excluding diaryl/α,β-unsaturated/α-hetero) is 1. The molecule has 1 aromatic heterocycles. The first-order valence-electron chi connectivity index (χ1n) is 7.74. The minimum atomic E-state index is -0.0404. The van der Waals surface area contributed by atoms with Gasteiger partial charge in [0.25, 0.3) is 0 Å². The summed E-state index contributed by atoms with van der Waals surface area (Å²) < 4.78 is 16.3. The van der Waals surface area contributed by atoms with Crippen LogP contribution in [-0.4, -0.2) is 36.6 Å². The maximum Gasteiger partial charge on any atom is 0.221 e. The zero-order valence-electron chi connectivity index (χ0n) is 14.5. The number of methoxy groups -OCH3 is 2. The number of benzene rings is 1. The number of carbonyl (C=O) groups is 1. The monoisotopic (exact) mass is 346 g/mol. The Bertz CT molecular complexity index is 739. The number of nitrogens with two attached hydrogens (primary N) is 2. The lowest BCUT2D eigenvalue weighted by Gasteiger charge is -2.16. The van der Waals surface area contributed by atoms with Gasteiger partial charge in [-0.15, -0.1) is 0 Å². The molecule has 0 bridgehead atoms. The number of rotatable bonds is 8. The van der Waals surface area contributed by atoms with Crippen LogP contribution in [0.5, 0.6) is 17.2 Å². The van der Waals surface area contributed by atoms with E-state index in [9.17, 15) is 4.79 Å². The molecule has 0 saturated carbocycles. The van der Waals surface area contributed by atoms with Crippen LogP contribution < -0.4 is 25.7 Å². The van der Waals surface area contributed by atoms with Gasteiger partial charge in [-0.3, -0.25) is 4.79 Å². The number of ketones is 1.